The third kappa shape index (κ3) is 4.69. The molecule has 0 aliphatic carbocycles. The Morgan fingerprint density at radius 3 is 2.77 bits per heavy atom. The molecule has 1 aromatic carbocycles. The molecule has 1 aromatic heterocycles. The Balaban J connectivity index is 1.80. The monoisotopic (exact) mass is 400 g/mol. The molecule has 22 heavy (non-hydrogen) atoms. The maximum Gasteiger partial charge on any atom is 0.233 e. The van der Waals surface area contributed by atoms with Crippen LogP contribution < -0.4 is 5.32 Å². The van der Waals surface area contributed by atoms with Crippen molar-refractivity contribution >= 4 is 45.8 Å². The molecular formula is C14H17BrN4OS2. The van der Waals surface area contributed by atoms with Crippen molar-refractivity contribution in [3.05, 3.63) is 39.3 Å². The van der Waals surface area contributed by atoms with Crippen molar-refractivity contribution in [3.8, 4) is 0 Å². The Morgan fingerprint density at radius 2 is 2.18 bits per heavy atom. The van der Waals surface area contributed by atoms with Gasteiger partial charge in [-0.1, -0.05) is 15.9 Å². The Kier molecular flexibility index (Phi) is 6.22. The van der Waals surface area contributed by atoms with E-state index < -0.39 is 0 Å². The normalized spacial score (nSPS) is 12.1. The maximum absolute atomic E-state index is 12.1. The van der Waals surface area contributed by atoms with Gasteiger partial charge in [-0.3, -0.25) is 9.89 Å². The van der Waals surface area contributed by atoms with Crippen LogP contribution in [0.1, 0.15) is 12.7 Å². The predicted molar refractivity (Wildman–Crippen MR) is 94.6 cm³/mol. The van der Waals surface area contributed by atoms with Crippen molar-refractivity contribution in [1.29, 1.82) is 0 Å². The lowest BCUT2D eigenvalue weighted by Crippen LogP contribution is -2.32. The molecule has 1 atom stereocenters. The fraction of sp³-hybridized carbons (Fsp3) is 0.357. The number of thioether (sulfide) groups is 1. The average molecular weight is 401 g/mol. The Labute approximate surface area is 147 Å². The first kappa shape index (κ1) is 17.2. The summed E-state index contributed by atoms with van der Waals surface area (Å²) < 4.78 is 3.42. The number of rotatable bonds is 6. The van der Waals surface area contributed by atoms with Gasteiger partial charge in [0.05, 0.1) is 5.25 Å². The van der Waals surface area contributed by atoms with Gasteiger partial charge in [0.25, 0.3) is 0 Å². The number of benzene rings is 1. The number of H-pyrrole nitrogens is 1. The van der Waals surface area contributed by atoms with E-state index in [9.17, 15) is 4.79 Å². The molecule has 1 heterocycles. The Hall–Kier alpha value is -1.12. The summed E-state index contributed by atoms with van der Waals surface area (Å²) >= 11 is 9.99. The molecule has 0 radical (unpaired) electrons. The molecule has 0 saturated carbocycles. The van der Waals surface area contributed by atoms with Crippen LogP contribution in [0.3, 0.4) is 0 Å². The number of nitrogens with one attached hydrogen (secondary N) is 2. The second kappa shape index (κ2) is 7.94. The van der Waals surface area contributed by atoms with Crippen LogP contribution in [0.5, 0.6) is 0 Å². The van der Waals surface area contributed by atoms with Crippen LogP contribution in [0.2, 0.25) is 0 Å². The summed E-state index contributed by atoms with van der Waals surface area (Å²) in [7, 11) is 1.86. The van der Waals surface area contributed by atoms with Crippen molar-refractivity contribution in [1.82, 2.24) is 20.1 Å². The molecule has 2 rings (SSSR count). The van der Waals surface area contributed by atoms with E-state index in [0.717, 1.165) is 15.2 Å². The molecule has 118 valence electrons. The van der Waals surface area contributed by atoms with Crippen molar-refractivity contribution in [2.75, 3.05) is 6.54 Å². The van der Waals surface area contributed by atoms with Crippen molar-refractivity contribution in [3.63, 3.8) is 0 Å². The number of hydrogen-bond acceptors (Lipinski definition) is 4. The number of hydrogen-bond donors (Lipinski definition) is 2. The lowest BCUT2D eigenvalue weighted by Gasteiger charge is -2.12. The number of aromatic nitrogens is 3. The van der Waals surface area contributed by atoms with Gasteiger partial charge >= 0.3 is 0 Å². The van der Waals surface area contributed by atoms with Crippen molar-refractivity contribution in [2.24, 2.45) is 7.05 Å². The fourth-order valence-electron chi connectivity index (χ4n) is 1.82. The largest absolute Gasteiger partial charge is 0.355 e. The zero-order valence-corrected chi connectivity index (χ0v) is 15.5. The van der Waals surface area contributed by atoms with Crippen LogP contribution in [0, 0.1) is 4.77 Å². The minimum atomic E-state index is -0.149. The third-order valence-electron chi connectivity index (χ3n) is 3.12. The molecule has 0 spiro atoms. The molecule has 8 heteroatoms. The molecule has 0 aliphatic rings. The second-order valence-electron chi connectivity index (χ2n) is 4.76. The highest BCUT2D eigenvalue weighted by atomic mass is 79.9. The van der Waals surface area contributed by atoms with Gasteiger partial charge in [-0.15, -0.1) is 11.8 Å². The zero-order chi connectivity index (χ0) is 16.1. The molecule has 5 nitrogen and oxygen atoms in total. The summed E-state index contributed by atoms with van der Waals surface area (Å²) in [6, 6.07) is 7.93. The molecule has 0 aliphatic heterocycles. The van der Waals surface area contributed by atoms with E-state index in [0.29, 0.717) is 17.7 Å². The summed E-state index contributed by atoms with van der Waals surface area (Å²) in [5, 5.41) is 9.63. The molecule has 2 aromatic rings. The first-order valence-electron chi connectivity index (χ1n) is 6.77. The average Bonchev–Trinajstić information content (AvgIpc) is 2.81. The molecule has 1 unspecified atom stereocenters. The molecular weight excluding hydrogens is 384 g/mol. The van der Waals surface area contributed by atoms with Crippen LogP contribution in [0.4, 0.5) is 0 Å². The summed E-state index contributed by atoms with van der Waals surface area (Å²) in [5.41, 5.74) is 0. The van der Waals surface area contributed by atoms with E-state index >= 15 is 0 Å². The van der Waals surface area contributed by atoms with Crippen LogP contribution in [-0.2, 0) is 18.3 Å². The highest BCUT2D eigenvalue weighted by Gasteiger charge is 2.14. The maximum atomic E-state index is 12.1. The first-order valence-corrected chi connectivity index (χ1v) is 8.85. The van der Waals surface area contributed by atoms with Crippen LogP contribution in [-0.4, -0.2) is 32.5 Å². The van der Waals surface area contributed by atoms with Gasteiger partial charge in [0.1, 0.15) is 5.82 Å². The van der Waals surface area contributed by atoms with Crippen LogP contribution in [0.25, 0.3) is 0 Å². The number of amides is 1. The highest BCUT2D eigenvalue weighted by molar-refractivity contribution is 9.10. The van der Waals surface area contributed by atoms with Crippen LogP contribution in [0.15, 0.2) is 33.6 Å². The van der Waals surface area contributed by atoms with E-state index in [-0.39, 0.29) is 11.2 Å². The lowest BCUT2D eigenvalue weighted by atomic mass is 10.3. The van der Waals surface area contributed by atoms with E-state index in [1.807, 2.05) is 42.8 Å². The van der Waals surface area contributed by atoms with Gasteiger partial charge in [-0.05, 0) is 43.4 Å². The van der Waals surface area contributed by atoms with E-state index in [1.165, 1.54) is 11.8 Å². The first-order chi connectivity index (χ1) is 10.5. The molecule has 2 N–H and O–H groups in total. The van der Waals surface area contributed by atoms with Crippen LogP contribution >= 0.6 is 39.9 Å². The van der Waals surface area contributed by atoms with E-state index in [1.54, 1.807) is 0 Å². The number of nitrogens with zero attached hydrogens (tertiary/aromatic N) is 2. The topological polar surface area (TPSA) is 62.7 Å². The zero-order valence-electron chi connectivity index (χ0n) is 12.3. The highest BCUT2D eigenvalue weighted by Crippen LogP contribution is 2.24. The molecule has 1 amide bonds. The Bertz CT molecular complexity index is 696. The number of carbonyl (C=O) groups is 1. The number of carbonyl (C=O) groups excluding carboxylic acids is 1. The third-order valence-corrected chi connectivity index (χ3v) is 5.12. The van der Waals surface area contributed by atoms with Gasteiger partial charge in [0.15, 0.2) is 4.77 Å². The van der Waals surface area contributed by atoms with Crippen molar-refractivity contribution in [2.45, 2.75) is 23.5 Å². The van der Waals surface area contributed by atoms with Gasteiger partial charge in [-0.25, -0.2) is 0 Å². The minimum absolute atomic E-state index is 0.0182. The quantitative estimate of drug-likeness (QED) is 0.577. The number of aromatic amines is 1. The number of halogens is 1. The SMILES string of the molecule is CC(Sc1ccc(Br)cc1)C(=O)NCCc1n[nH]c(=S)n1C. The van der Waals surface area contributed by atoms with Gasteiger partial charge in [0.2, 0.25) is 5.91 Å². The molecule has 0 bridgehead atoms. The summed E-state index contributed by atoms with van der Waals surface area (Å²) in [4.78, 5) is 13.2. The van der Waals surface area contributed by atoms with E-state index in [4.69, 9.17) is 12.2 Å². The summed E-state index contributed by atoms with van der Waals surface area (Å²) in [6.45, 7) is 2.44. The summed E-state index contributed by atoms with van der Waals surface area (Å²) in [6.07, 6.45) is 0.644. The van der Waals surface area contributed by atoms with Crippen molar-refractivity contribution < 1.29 is 4.79 Å². The smallest absolute Gasteiger partial charge is 0.233 e. The Morgan fingerprint density at radius 1 is 1.50 bits per heavy atom. The molecule has 0 saturated heterocycles. The summed E-state index contributed by atoms with van der Waals surface area (Å²) in [5.74, 6) is 0.850. The molecule has 0 fully saturated rings. The predicted octanol–water partition coefficient (Wildman–Crippen LogP) is 3.08. The standard InChI is InChI=1S/C14H17BrN4OS2/c1-9(22-11-5-3-10(15)4-6-11)13(20)16-8-7-12-17-18-14(21)19(12)2/h3-6,9H,7-8H2,1-2H3,(H,16,20)(H,18,21). The van der Waals surface area contributed by atoms with E-state index in [2.05, 4.69) is 31.4 Å². The van der Waals surface area contributed by atoms with Gasteiger partial charge < -0.3 is 9.88 Å². The lowest BCUT2D eigenvalue weighted by molar-refractivity contribution is -0.120. The van der Waals surface area contributed by atoms with Gasteiger partial charge in [-0.2, -0.15) is 5.10 Å². The minimum Gasteiger partial charge on any atom is -0.355 e. The fourth-order valence-corrected chi connectivity index (χ4v) is 3.12. The second-order valence-corrected chi connectivity index (χ2v) is 7.48. The van der Waals surface area contributed by atoms with Gasteiger partial charge in [0, 0.05) is 29.4 Å².